The number of aliphatic hydroxyl groups excluding tert-OH is 1. The number of alkyl halides is 2. The smallest absolute Gasteiger partial charge is 0.123 e. The lowest BCUT2D eigenvalue weighted by Gasteiger charge is -2.58. The third-order valence-corrected chi connectivity index (χ3v) is 22.2. The van der Waals surface area contributed by atoms with Crippen LogP contribution in [-0.2, 0) is 14.3 Å². The van der Waals surface area contributed by atoms with Gasteiger partial charge in [0, 0.05) is 14.4 Å². The number of ether oxygens (including phenoxy) is 2. The van der Waals surface area contributed by atoms with Crippen LogP contribution in [0.4, 0.5) is 0 Å². The SMILES string of the molecule is CC(C)CCC[C@@H](C)[C@H]1CCC2C3CC=C4C[C@@H](OC/C=C/CC=O)CC[C@]4(C)C3CC[C@@]21C.CC(C)CCC[C@@H](C)[C@H]1CCC2C3CC=C4C[C@@H](OC/C=C/CCO)CC[C@]4(C)C3CC[C@@]21C.ClCCl.[2H]CP. The summed E-state index contributed by atoms with van der Waals surface area (Å²) < 4.78 is 18.6. The van der Waals surface area contributed by atoms with E-state index in [4.69, 9.17) is 39.2 Å². The van der Waals surface area contributed by atoms with Gasteiger partial charge in [0.15, 0.2) is 0 Å². The van der Waals surface area contributed by atoms with Crippen LogP contribution < -0.4 is 0 Å². The molecule has 0 radical (unpaired) electrons. The first-order valence-corrected chi connectivity index (χ1v) is 32.4. The fourth-order valence-electron chi connectivity index (χ4n) is 18.5. The van der Waals surface area contributed by atoms with Crippen LogP contribution in [0.3, 0.4) is 0 Å². The van der Waals surface area contributed by atoms with Gasteiger partial charge in [0.1, 0.15) is 6.29 Å². The normalized spacial score (nSPS) is 38.3. The maximum absolute atomic E-state index is 10.5. The Hall–Kier alpha value is -0.480. The Morgan fingerprint density at radius 2 is 1.07 bits per heavy atom. The summed E-state index contributed by atoms with van der Waals surface area (Å²) in [7, 11) is 2.25. The molecular weight excluding hydrogens is 959 g/mol. The molecule has 0 bridgehead atoms. The highest BCUT2D eigenvalue weighted by Crippen LogP contribution is 2.69. The van der Waals surface area contributed by atoms with E-state index in [1.165, 1.54) is 128 Å². The Balaban J connectivity index is 0.000000248. The molecule has 17 atom stereocenters. The molecule has 6 saturated carbocycles. The Morgan fingerprint density at radius 1 is 0.644 bits per heavy atom. The maximum Gasteiger partial charge on any atom is 0.123 e. The minimum absolute atomic E-state index is 0.194. The number of hydrogen-bond donors (Lipinski definition) is 1. The molecule has 4 nitrogen and oxygen atoms in total. The summed E-state index contributed by atoms with van der Waals surface area (Å²) in [5.74, 6) is 10.9. The second kappa shape index (κ2) is 30.2. The lowest BCUT2D eigenvalue weighted by Crippen LogP contribution is -2.51. The summed E-state index contributed by atoms with van der Waals surface area (Å²) >= 11 is 9.53. The molecule has 0 aromatic heterocycles. The number of halogens is 2. The average Bonchev–Trinajstić information content (AvgIpc) is 3.91. The first-order valence-electron chi connectivity index (χ1n) is 31.2. The molecule has 0 aliphatic heterocycles. The van der Waals surface area contributed by atoms with Gasteiger partial charge in [-0.1, -0.05) is 162 Å². The molecule has 8 aliphatic carbocycles. The van der Waals surface area contributed by atoms with Crippen LogP contribution in [0.15, 0.2) is 47.6 Å². The molecule has 6 fully saturated rings. The van der Waals surface area contributed by atoms with Gasteiger partial charge in [0.25, 0.3) is 0 Å². The average molecular weight is 1070 g/mol. The summed E-state index contributed by atoms with van der Waals surface area (Å²) in [4.78, 5) is 10.5. The standard InChI is InChI=1S/C32H54O2.C32H52O2.CH2Cl2.CH5P/c2*1-23(2)10-9-11-24(3)28-14-15-29-27-13-12-25-22-26(34-21-8-6-7-20-33)16-18-31(25,4)30(27)17-19-32(28,29)5;2-1-3;1-2/h6,8,12,23-24,26-30,33H,7,9-11,13-22H2,1-5H3;6,8,12,20,23-24,26-30H,7,9-11,13-19,21-22H2,1-5H3;1H2;2H2,1H3/b2*8-6+;;/t2*24-,26+,27?,28-,29?,30?,31+,32-;;/m11../s1/i;;;1D. The number of aliphatic hydroxyl groups is 1. The van der Waals surface area contributed by atoms with Crippen molar-refractivity contribution < 1.29 is 20.7 Å². The topological polar surface area (TPSA) is 55.8 Å². The summed E-state index contributed by atoms with van der Waals surface area (Å²) in [5, 5.41) is 9.13. The molecule has 0 spiro atoms. The lowest BCUT2D eigenvalue weighted by atomic mass is 9.47. The third kappa shape index (κ3) is 15.5. The molecular formula is C66H113Cl2O4P. The van der Waals surface area contributed by atoms with Crippen molar-refractivity contribution in [2.45, 2.75) is 236 Å². The molecule has 0 aromatic rings. The molecule has 7 unspecified atom stereocenters. The quantitative estimate of drug-likeness (QED) is 0.0571. The largest absolute Gasteiger partial charge is 0.396 e. The van der Waals surface area contributed by atoms with Gasteiger partial charge in [-0.25, -0.2) is 0 Å². The number of rotatable bonds is 20. The molecule has 0 heterocycles. The van der Waals surface area contributed by atoms with Gasteiger partial charge in [0.2, 0.25) is 0 Å². The molecule has 420 valence electrons. The van der Waals surface area contributed by atoms with Crippen molar-refractivity contribution in [2.24, 2.45) is 92.7 Å². The van der Waals surface area contributed by atoms with E-state index in [1.54, 1.807) is 11.1 Å². The van der Waals surface area contributed by atoms with Crippen molar-refractivity contribution in [1.29, 1.82) is 0 Å². The number of aldehydes is 1. The molecule has 8 aliphatic rings. The zero-order chi connectivity index (χ0) is 54.1. The van der Waals surface area contributed by atoms with Crippen molar-refractivity contribution in [3.05, 3.63) is 47.6 Å². The van der Waals surface area contributed by atoms with E-state index >= 15 is 0 Å². The zero-order valence-corrected chi connectivity index (χ0v) is 51.3. The molecule has 8 rings (SSSR count). The number of allylic oxidation sites excluding steroid dienone is 3. The van der Waals surface area contributed by atoms with E-state index in [2.05, 4.69) is 96.7 Å². The number of carbonyl (C=O) groups is 1. The second-order valence-electron chi connectivity index (χ2n) is 26.9. The molecule has 0 aromatic carbocycles. The van der Waals surface area contributed by atoms with Gasteiger partial charge in [-0.15, -0.1) is 32.4 Å². The van der Waals surface area contributed by atoms with Crippen molar-refractivity contribution >= 4 is 38.7 Å². The highest BCUT2D eigenvalue weighted by Gasteiger charge is 2.61. The number of carbonyl (C=O) groups excluding carboxylic acids is 1. The number of fused-ring (bicyclic) bond motifs is 10. The Bertz CT molecular complexity index is 1780. The lowest BCUT2D eigenvalue weighted by molar-refractivity contribution is -0.107. The molecule has 0 amide bonds. The summed E-state index contributed by atoms with van der Waals surface area (Å²) in [6, 6.07) is 0. The van der Waals surface area contributed by atoms with E-state index in [0.717, 1.165) is 96.6 Å². The van der Waals surface area contributed by atoms with Gasteiger partial charge in [0.05, 0.1) is 30.8 Å². The fourth-order valence-corrected chi connectivity index (χ4v) is 18.5. The van der Waals surface area contributed by atoms with Crippen LogP contribution in [0.25, 0.3) is 0 Å². The van der Waals surface area contributed by atoms with Crippen molar-refractivity contribution in [1.82, 2.24) is 0 Å². The van der Waals surface area contributed by atoms with Crippen molar-refractivity contribution in [3.63, 3.8) is 0 Å². The zero-order valence-electron chi connectivity index (χ0n) is 49.6. The van der Waals surface area contributed by atoms with Gasteiger partial charge in [-0.2, -0.15) is 0 Å². The monoisotopic (exact) mass is 1070 g/mol. The van der Waals surface area contributed by atoms with Crippen LogP contribution in [0.1, 0.15) is 225 Å². The van der Waals surface area contributed by atoms with Gasteiger partial charge < -0.3 is 19.4 Å². The van der Waals surface area contributed by atoms with Gasteiger partial charge in [-0.05, 0) is 202 Å². The van der Waals surface area contributed by atoms with Crippen molar-refractivity contribution in [3.8, 4) is 0 Å². The first kappa shape index (κ1) is 61.7. The van der Waals surface area contributed by atoms with Crippen LogP contribution in [0.5, 0.6) is 0 Å². The molecule has 1 N–H and O–H groups in total. The number of hydrogen-bond acceptors (Lipinski definition) is 4. The summed E-state index contributed by atoms with van der Waals surface area (Å²) in [6.45, 7) is 27.3. The second-order valence-corrected chi connectivity index (χ2v) is 27.7. The molecule has 0 saturated heterocycles. The highest BCUT2D eigenvalue weighted by atomic mass is 35.5. The van der Waals surface area contributed by atoms with Crippen LogP contribution in [0, 0.1) is 92.7 Å². The van der Waals surface area contributed by atoms with Gasteiger partial charge in [-0.3, -0.25) is 0 Å². The Morgan fingerprint density at radius 3 is 1.47 bits per heavy atom. The summed E-state index contributed by atoms with van der Waals surface area (Å²) in [5.41, 5.74) is 5.41. The maximum atomic E-state index is 10.5. The minimum atomic E-state index is 0.194. The van der Waals surface area contributed by atoms with E-state index in [-0.39, 0.29) is 11.9 Å². The molecule has 73 heavy (non-hydrogen) atoms. The minimum Gasteiger partial charge on any atom is -0.396 e. The Kier molecular flexibility index (Phi) is 25.5. The molecule has 7 heteroatoms. The van der Waals surface area contributed by atoms with Crippen LogP contribution in [0.2, 0.25) is 0 Å². The third-order valence-electron chi connectivity index (χ3n) is 22.2. The van der Waals surface area contributed by atoms with E-state index < -0.39 is 0 Å². The fraction of sp³-hybridized carbons (Fsp3) is 0.864. The summed E-state index contributed by atoms with van der Waals surface area (Å²) in [6.07, 6.45) is 46.5. The Labute approximate surface area is 464 Å². The first-order chi connectivity index (χ1) is 35.4. The predicted octanol–water partition coefficient (Wildman–Crippen LogP) is 18.8. The van der Waals surface area contributed by atoms with E-state index in [0.29, 0.717) is 60.1 Å². The van der Waals surface area contributed by atoms with E-state index in [9.17, 15) is 4.79 Å². The van der Waals surface area contributed by atoms with Gasteiger partial charge >= 0.3 is 0 Å². The predicted molar refractivity (Wildman–Crippen MR) is 318 cm³/mol. The van der Waals surface area contributed by atoms with Crippen LogP contribution >= 0.6 is 32.4 Å². The van der Waals surface area contributed by atoms with Crippen LogP contribution in [-0.4, -0.2) is 55.4 Å². The van der Waals surface area contributed by atoms with E-state index in [1.807, 2.05) is 18.2 Å². The van der Waals surface area contributed by atoms with Crippen molar-refractivity contribution in [2.75, 3.05) is 31.8 Å². The highest BCUT2D eigenvalue weighted by molar-refractivity contribution is 7.15.